The molecule has 0 fully saturated rings. The molecule has 8 heteroatoms. The maximum absolute atomic E-state index is 12.4. The summed E-state index contributed by atoms with van der Waals surface area (Å²) in [7, 11) is 0. The fourth-order valence-corrected chi connectivity index (χ4v) is 5.26. The predicted octanol–water partition coefficient (Wildman–Crippen LogP) is 4.46. The summed E-state index contributed by atoms with van der Waals surface area (Å²) in [6.07, 6.45) is 5.08. The lowest BCUT2D eigenvalue weighted by molar-refractivity contribution is 0.0286. The van der Waals surface area contributed by atoms with Crippen molar-refractivity contribution in [2.75, 3.05) is 6.61 Å². The van der Waals surface area contributed by atoms with Crippen molar-refractivity contribution in [2.24, 2.45) is 5.92 Å². The largest absolute Gasteiger partial charge is 0.490 e. The summed E-state index contributed by atoms with van der Waals surface area (Å²) in [6, 6.07) is 3.64. The van der Waals surface area contributed by atoms with Gasteiger partial charge in [0, 0.05) is 17.8 Å². The highest BCUT2D eigenvalue weighted by Crippen LogP contribution is 2.35. The number of fused-ring (bicyclic) bond motifs is 1. The van der Waals surface area contributed by atoms with E-state index in [1.165, 1.54) is 0 Å². The van der Waals surface area contributed by atoms with Crippen LogP contribution in [0, 0.1) is 5.92 Å². The van der Waals surface area contributed by atoms with E-state index in [1.807, 2.05) is 12.1 Å². The highest BCUT2D eigenvalue weighted by molar-refractivity contribution is 14.2. The molecule has 2 heterocycles. The second-order valence-corrected chi connectivity index (χ2v) is 8.77. The fourth-order valence-electron chi connectivity index (χ4n) is 3.35. The molecule has 0 aliphatic heterocycles. The third-order valence-electron chi connectivity index (χ3n) is 5.22. The summed E-state index contributed by atoms with van der Waals surface area (Å²) >= 11 is 2.24. The lowest BCUT2D eigenvalue weighted by Gasteiger charge is -2.30. The number of hydrogen-bond acceptors (Lipinski definition) is 5. The summed E-state index contributed by atoms with van der Waals surface area (Å²) in [6.45, 7) is 7.23. The number of ether oxygens (including phenoxy) is 1. The predicted molar refractivity (Wildman–Crippen MR) is 117 cm³/mol. The molecular weight excluding hydrogens is 476 g/mol. The quantitative estimate of drug-likeness (QED) is 0.427. The number of hydrogen-bond donors (Lipinski definition) is 1. The van der Waals surface area contributed by atoms with E-state index in [0.29, 0.717) is 36.2 Å². The second kappa shape index (κ2) is 8.97. The number of aromatic amines is 1. The lowest BCUT2D eigenvalue weighted by Crippen LogP contribution is -2.35. The molecule has 1 aliphatic carbocycles. The van der Waals surface area contributed by atoms with E-state index in [1.54, 1.807) is 6.20 Å². The molecule has 0 radical (unpaired) electrons. The van der Waals surface area contributed by atoms with Gasteiger partial charge in [-0.1, -0.05) is 20.8 Å². The van der Waals surface area contributed by atoms with Crippen molar-refractivity contribution in [3.05, 3.63) is 39.9 Å². The summed E-state index contributed by atoms with van der Waals surface area (Å²) in [4.78, 5) is 24.3. The molecule has 27 heavy (non-hydrogen) atoms. The molecule has 0 spiro atoms. The Bertz CT molecular complexity index is 854. The number of aromatic nitrogens is 3. The molecule has 2 atom stereocenters. The van der Waals surface area contributed by atoms with E-state index >= 15 is 0 Å². The lowest BCUT2D eigenvalue weighted by atomic mass is 9.99. The van der Waals surface area contributed by atoms with E-state index < -0.39 is 0 Å². The molecule has 6 nitrogen and oxygen atoms in total. The Labute approximate surface area is 174 Å². The van der Waals surface area contributed by atoms with Crippen LogP contribution in [0.5, 0.6) is 5.75 Å². The van der Waals surface area contributed by atoms with Gasteiger partial charge in [0.15, 0.2) is 5.82 Å². The minimum atomic E-state index is -0.278. The van der Waals surface area contributed by atoms with E-state index in [4.69, 9.17) is 9.26 Å². The Morgan fingerprint density at radius 2 is 2.15 bits per heavy atom. The Balaban J connectivity index is 1.82. The van der Waals surface area contributed by atoms with E-state index in [9.17, 15) is 4.79 Å². The van der Waals surface area contributed by atoms with Gasteiger partial charge in [-0.05, 0) is 59.7 Å². The molecule has 2 aromatic rings. The molecule has 2 unspecified atom stereocenters. The molecule has 146 valence electrons. The van der Waals surface area contributed by atoms with Crippen LogP contribution in [0.15, 0.2) is 23.1 Å². The number of pyridine rings is 1. The first kappa shape index (κ1) is 20.7. The van der Waals surface area contributed by atoms with E-state index in [-0.39, 0.29) is 11.2 Å². The van der Waals surface area contributed by atoms with Gasteiger partial charge in [0.25, 0.3) is 5.56 Å². The minimum absolute atomic E-state index is 0.0557. The molecule has 0 amide bonds. The maximum atomic E-state index is 12.4. The first-order valence-electron chi connectivity index (χ1n) is 9.25. The van der Waals surface area contributed by atoms with Crippen molar-refractivity contribution in [3.63, 3.8) is 0 Å². The Morgan fingerprint density at radius 3 is 2.85 bits per heavy atom. The topological polar surface area (TPSA) is 77.1 Å². The van der Waals surface area contributed by atoms with Gasteiger partial charge in [0.2, 0.25) is 0 Å². The highest BCUT2D eigenvalue weighted by atomic mass is 127. The van der Waals surface area contributed by atoms with Crippen LogP contribution in [-0.4, -0.2) is 27.2 Å². The van der Waals surface area contributed by atoms with Gasteiger partial charge in [0.05, 0.1) is 12.1 Å². The number of nitrogens with one attached hydrogen (secondary N) is 1. The molecule has 0 bridgehead atoms. The molecule has 3 rings (SSSR count). The van der Waals surface area contributed by atoms with Crippen LogP contribution in [0.1, 0.15) is 44.9 Å². The van der Waals surface area contributed by atoms with Crippen LogP contribution in [-0.2, 0) is 17.4 Å². The number of halogens is 1. The fraction of sp³-hybridized carbons (Fsp3) is 0.526. The van der Waals surface area contributed by atoms with Crippen molar-refractivity contribution >= 4 is 28.5 Å². The van der Waals surface area contributed by atoms with Gasteiger partial charge < -0.3 is 14.2 Å². The van der Waals surface area contributed by atoms with Crippen molar-refractivity contribution in [3.8, 4) is 17.3 Å². The molecule has 0 aromatic carbocycles. The standard InChI is InChI=1S/C19H25IN3O3P/c1-4-19(5-2,26-27-20)11-25-13-6-7-21-16(10-13)17-22-15-9-12(3)8-14(15)18(24)23-17/h6-7,10,12,27H,4-5,8-9,11H2,1-3H3,(H,22,23,24). The smallest absolute Gasteiger partial charge is 0.254 e. The normalized spacial score (nSPS) is 16.8. The summed E-state index contributed by atoms with van der Waals surface area (Å²) < 4.78 is 12.0. The third-order valence-corrected chi connectivity index (χ3v) is 6.39. The van der Waals surface area contributed by atoms with Gasteiger partial charge in [-0.3, -0.25) is 9.78 Å². The number of H-pyrrole nitrogens is 1. The van der Waals surface area contributed by atoms with Crippen LogP contribution >= 0.6 is 28.5 Å². The number of nitrogens with zero attached hydrogens (tertiary/aromatic N) is 2. The molecule has 2 aromatic heterocycles. The van der Waals surface area contributed by atoms with Gasteiger partial charge >= 0.3 is 0 Å². The van der Waals surface area contributed by atoms with Crippen LogP contribution in [0.25, 0.3) is 11.5 Å². The average molecular weight is 501 g/mol. The van der Waals surface area contributed by atoms with Crippen LogP contribution in [0.2, 0.25) is 0 Å². The van der Waals surface area contributed by atoms with Crippen molar-refractivity contribution in [1.29, 1.82) is 0 Å². The van der Waals surface area contributed by atoms with Crippen molar-refractivity contribution in [2.45, 2.75) is 52.1 Å². The average Bonchev–Trinajstić information content (AvgIpc) is 3.06. The molecule has 0 saturated heterocycles. The Hall–Kier alpha value is -1.05. The monoisotopic (exact) mass is 501 g/mol. The zero-order valence-corrected chi connectivity index (χ0v) is 19.0. The first-order valence-corrected chi connectivity index (χ1v) is 13.3. The maximum Gasteiger partial charge on any atom is 0.254 e. The van der Waals surface area contributed by atoms with Crippen LogP contribution in [0.4, 0.5) is 0 Å². The molecule has 0 saturated carbocycles. The number of rotatable bonds is 8. The zero-order chi connectivity index (χ0) is 19.4. The molecular formula is C19H25IN3O3P. The Morgan fingerprint density at radius 1 is 1.37 bits per heavy atom. The zero-order valence-electron chi connectivity index (χ0n) is 15.8. The summed E-state index contributed by atoms with van der Waals surface area (Å²) in [5, 5.41) is 0. The van der Waals surface area contributed by atoms with Crippen LogP contribution in [0.3, 0.4) is 0 Å². The highest BCUT2D eigenvalue weighted by Gasteiger charge is 2.28. The van der Waals surface area contributed by atoms with E-state index in [0.717, 1.165) is 36.9 Å². The van der Waals surface area contributed by atoms with Gasteiger partial charge in [-0.15, -0.1) is 0 Å². The second-order valence-electron chi connectivity index (χ2n) is 7.09. The van der Waals surface area contributed by atoms with Crippen LogP contribution < -0.4 is 10.3 Å². The first-order chi connectivity index (χ1) is 13.0. The molecule has 1 N–H and O–H groups in total. The van der Waals surface area contributed by atoms with E-state index in [2.05, 4.69) is 57.8 Å². The summed E-state index contributed by atoms with van der Waals surface area (Å²) in [5.74, 6) is 1.66. The van der Waals surface area contributed by atoms with Gasteiger partial charge in [-0.2, -0.15) is 0 Å². The van der Waals surface area contributed by atoms with Crippen molar-refractivity contribution in [1.82, 2.24) is 15.0 Å². The Kier molecular flexibility index (Phi) is 6.87. The third kappa shape index (κ3) is 4.69. The molecule has 1 aliphatic rings. The van der Waals surface area contributed by atoms with Gasteiger partial charge in [0.1, 0.15) is 23.7 Å². The van der Waals surface area contributed by atoms with Crippen molar-refractivity contribution < 1.29 is 9.26 Å². The van der Waals surface area contributed by atoms with Gasteiger partial charge in [-0.25, -0.2) is 4.98 Å². The SMILES string of the molecule is CCC(CC)(COc1ccnc(-c2nc3c(c(=O)[nH]2)CC(C)C3)c1)OPI. The summed E-state index contributed by atoms with van der Waals surface area (Å²) in [5.41, 5.74) is 1.98. The minimum Gasteiger partial charge on any atom is -0.490 e.